The molecular weight excluding hydrogens is 174 g/mol. The number of rotatable bonds is 5. The molecule has 0 spiro atoms. The second-order valence-electron chi connectivity index (χ2n) is 4.38. The summed E-state index contributed by atoms with van der Waals surface area (Å²) in [7, 11) is 0. The lowest BCUT2D eigenvalue weighted by Gasteiger charge is -2.29. The van der Waals surface area contributed by atoms with Gasteiger partial charge in [0.2, 0.25) is 0 Å². The number of hydrogen-bond donors (Lipinski definition) is 1. The molecule has 0 saturated carbocycles. The molecule has 0 bridgehead atoms. The monoisotopic (exact) mass is 199 g/mol. The minimum atomic E-state index is 0.429. The van der Waals surface area contributed by atoms with Gasteiger partial charge in [-0.15, -0.1) is 0 Å². The van der Waals surface area contributed by atoms with E-state index in [9.17, 15) is 0 Å². The van der Waals surface area contributed by atoms with Gasteiger partial charge < -0.3 is 10.6 Å². The summed E-state index contributed by atoms with van der Waals surface area (Å²) in [5.74, 6) is 1.31. The number of nitrogens with two attached hydrogens (primary N) is 1. The SMILES string of the molecule is CCCN=C(N)N(CC(C)C)C(C)C. The van der Waals surface area contributed by atoms with Crippen LogP contribution in [0, 0.1) is 5.92 Å². The number of hydrogen-bond acceptors (Lipinski definition) is 1. The van der Waals surface area contributed by atoms with Crippen LogP contribution in [0.2, 0.25) is 0 Å². The van der Waals surface area contributed by atoms with Crippen LogP contribution in [0.25, 0.3) is 0 Å². The van der Waals surface area contributed by atoms with Gasteiger partial charge in [-0.05, 0) is 26.2 Å². The predicted molar refractivity (Wildman–Crippen MR) is 63.5 cm³/mol. The predicted octanol–water partition coefficient (Wildman–Crippen LogP) is 2.08. The molecule has 0 aliphatic rings. The molecule has 0 aromatic carbocycles. The third kappa shape index (κ3) is 5.10. The summed E-state index contributed by atoms with van der Waals surface area (Å²) in [6.07, 6.45) is 1.05. The molecule has 0 saturated heterocycles. The number of aliphatic imine (C=N–C) groups is 1. The summed E-state index contributed by atoms with van der Waals surface area (Å²) in [6.45, 7) is 12.6. The van der Waals surface area contributed by atoms with Gasteiger partial charge in [-0.2, -0.15) is 0 Å². The third-order valence-electron chi connectivity index (χ3n) is 1.98. The van der Waals surface area contributed by atoms with Gasteiger partial charge in [0, 0.05) is 19.1 Å². The smallest absolute Gasteiger partial charge is 0.191 e. The Labute approximate surface area is 88.4 Å². The largest absolute Gasteiger partial charge is 0.370 e. The van der Waals surface area contributed by atoms with Gasteiger partial charge in [-0.1, -0.05) is 20.8 Å². The Hall–Kier alpha value is -0.730. The van der Waals surface area contributed by atoms with Crippen LogP contribution < -0.4 is 5.73 Å². The Balaban J connectivity index is 4.32. The first kappa shape index (κ1) is 13.3. The highest BCUT2D eigenvalue weighted by Crippen LogP contribution is 2.03. The second-order valence-corrected chi connectivity index (χ2v) is 4.38. The van der Waals surface area contributed by atoms with Crippen LogP contribution in [0.3, 0.4) is 0 Å². The Morgan fingerprint density at radius 3 is 2.21 bits per heavy atom. The van der Waals surface area contributed by atoms with Crippen molar-refractivity contribution < 1.29 is 0 Å². The molecule has 0 aliphatic heterocycles. The van der Waals surface area contributed by atoms with E-state index in [-0.39, 0.29) is 0 Å². The van der Waals surface area contributed by atoms with Crippen LogP contribution in [0.4, 0.5) is 0 Å². The Morgan fingerprint density at radius 2 is 1.86 bits per heavy atom. The number of nitrogens with zero attached hydrogens (tertiary/aromatic N) is 2. The van der Waals surface area contributed by atoms with E-state index in [1.807, 2.05) is 0 Å². The maximum atomic E-state index is 5.93. The van der Waals surface area contributed by atoms with E-state index in [4.69, 9.17) is 5.73 Å². The van der Waals surface area contributed by atoms with E-state index >= 15 is 0 Å². The molecular formula is C11H25N3. The van der Waals surface area contributed by atoms with Crippen molar-refractivity contribution in [1.29, 1.82) is 0 Å². The lowest BCUT2D eigenvalue weighted by molar-refractivity contribution is 0.307. The zero-order valence-electron chi connectivity index (χ0n) is 10.2. The van der Waals surface area contributed by atoms with E-state index in [0.29, 0.717) is 17.9 Å². The van der Waals surface area contributed by atoms with Crippen LogP contribution in [0.1, 0.15) is 41.0 Å². The van der Waals surface area contributed by atoms with E-state index in [1.54, 1.807) is 0 Å². The van der Waals surface area contributed by atoms with Crippen molar-refractivity contribution in [2.75, 3.05) is 13.1 Å². The first-order valence-electron chi connectivity index (χ1n) is 5.55. The Kier molecular flexibility index (Phi) is 6.34. The molecule has 0 aliphatic carbocycles. The van der Waals surface area contributed by atoms with Crippen molar-refractivity contribution >= 4 is 5.96 Å². The van der Waals surface area contributed by atoms with Crippen molar-refractivity contribution in [2.24, 2.45) is 16.6 Å². The number of guanidine groups is 1. The Bertz CT molecular complexity index is 173. The molecule has 84 valence electrons. The zero-order chi connectivity index (χ0) is 11.1. The first-order valence-corrected chi connectivity index (χ1v) is 5.55. The van der Waals surface area contributed by atoms with Crippen LogP contribution in [-0.4, -0.2) is 30.0 Å². The fourth-order valence-electron chi connectivity index (χ4n) is 1.28. The molecule has 3 heteroatoms. The highest BCUT2D eigenvalue weighted by Gasteiger charge is 2.12. The van der Waals surface area contributed by atoms with Crippen molar-refractivity contribution in [2.45, 2.75) is 47.1 Å². The van der Waals surface area contributed by atoms with Crippen molar-refractivity contribution in [3.05, 3.63) is 0 Å². The van der Waals surface area contributed by atoms with Crippen LogP contribution >= 0.6 is 0 Å². The molecule has 0 aromatic heterocycles. The molecule has 0 fully saturated rings. The molecule has 2 N–H and O–H groups in total. The fraction of sp³-hybridized carbons (Fsp3) is 0.909. The highest BCUT2D eigenvalue weighted by molar-refractivity contribution is 5.78. The third-order valence-corrected chi connectivity index (χ3v) is 1.98. The summed E-state index contributed by atoms with van der Waals surface area (Å²) in [5, 5.41) is 0. The van der Waals surface area contributed by atoms with E-state index in [2.05, 4.69) is 44.5 Å². The first-order chi connectivity index (χ1) is 6.49. The maximum Gasteiger partial charge on any atom is 0.191 e. The summed E-state index contributed by atoms with van der Waals surface area (Å²) < 4.78 is 0. The lowest BCUT2D eigenvalue weighted by Crippen LogP contribution is -2.44. The van der Waals surface area contributed by atoms with Crippen molar-refractivity contribution in [1.82, 2.24) is 4.90 Å². The maximum absolute atomic E-state index is 5.93. The molecule has 0 aromatic rings. The van der Waals surface area contributed by atoms with E-state index < -0.39 is 0 Å². The van der Waals surface area contributed by atoms with Crippen LogP contribution in [-0.2, 0) is 0 Å². The molecule has 3 nitrogen and oxygen atoms in total. The summed E-state index contributed by atoms with van der Waals surface area (Å²) in [4.78, 5) is 6.50. The summed E-state index contributed by atoms with van der Waals surface area (Å²) >= 11 is 0. The van der Waals surface area contributed by atoms with Gasteiger partial charge in [0.1, 0.15) is 0 Å². The van der Waals surface area contributed by atoms with Gasteiger partial charge in [0.05, 0.1) is 0 Å². The molecule has 0 unspecified atom stereocenters. The Morgan fingerprint density at radius 1 is 1.29 bits per heavy atom. The van der Waals surface area contributed by atoms with Gasteiger partial charge in [-0.3, -0.25) is 4.99 Å². The van der Waals surface area contributed by atoms with Crippen LogP contribution in [0.5, 0.6) is 0 Å². The van der Waals surface area contributed by atoms with Gasteiger partial charge in [0.25, 0.3) is 0 Å². The van der Waals surface area contributed by atoms with Gasteiger partial charge >= 0.3 is 0 Å². The van der Waals surface area contributed by atoms with E-state index in [1.165, 1.54) is 0 Å². The minimum absolute atomic E-state index is 0.429. The quantitative estimate of drug-likeness (QED) is 0.544. The topological polar surface area (TPSA) is 41.6 Å². The van der Waals surface area contributed by atoms with Crippen LogP contribution in [0.15, 0.2) is 4.99 Å². The average molecular weight is 199 g/mol. The normalized spacial score (nSPS) is 12.6. The summed E-state index contributed by atoms with van der Waals surface area (Å²) in [5.41, 5.74) is 5.93. The fourth-order valence-corrected chi connectivity index (χ4v) is 1.28. The molecule has 0 rings (SSSR count). The lowest BCUT2D eigenvalue weighted by atomic mass is 10.2. The molecule has 14 heavy (non-hydrogen) atoms. The molecule has 0 atom stereocenters. The van der Waals surface area contributed by atoms with E-state index in [0.717, 1.165) is 19.5 Å². The van der Waals surface area contributed by atoms with Gasteiger partial charge in [-0.25, -0.2) is 0 Å². The van der Waals surface area contributed by atoms with Crippen molar-refractivity contribution in [3.63, 3.8) is 0 Å². The minimum Gasteiger partial charge on any atom is -0.370 e. The molecule has 0 radical (unpaired) electrons. The zero-order valence-corrected chi connectivity index (χ0v) is 10.2. The average Bonchev–Trinajstić information content (AvgIpc) is 2.09. The second kappa shape index (κ2) is 6.68. The van der Waals surface area contributed by atoms with Crippen molar-refractivity contribution in [3.8, 4) is 0 Å². The molecule has 0 amide bonds. The van der Waals surface area contributed by atoms with Gasteiger partial charge in [0.15, 0.2) is 5.96 Å². The highest BCUT2D eigenvalue weighted by atomic mass is 15.3. The molecule has 0 heterocycles. The summed E-state index contributed by atoms with van der Waals surface area (Å²) in [6, 6.07) is 0.429. The standard InChI is InChI=1S/C11H25N3/c1-6-7-13-11(12)14(10(4)5)8-9(2)3/h9-10H,6-8H2,1-5H3,(H2,12,13).